The number of aromatic nitrogens is 2. The molecular weight excluding hydrogens is 589 g/mol. The fourth-order valence-electron chi connectivity index (χ4n) is 4.54. The van der Waals surface area contributed by atoms with Crippen molar-refractivity contribution >= 4 is 56.7 Å². The highest BCUT2D eigenvalue weighted by molar-refractivity contribution is 7.89. The number of nitrogens with zero attached hydrogens (tertiary/aromatic N) is 3. The first-order valence-electron chi connectivity index (χ1n) is 12.5. The van der Waals surface area contributed by atoms with Gasteiger partial charge in [-0.3, -0.25) is 14.2 Å². The van der Waals surface area contributed by atoms with Crippen molar-refractivity contribution < 1.29 is 23.1 Å². The van der Waals surface area contributed by atoms with E-state index in [2.05, 4.69) is 20.9 Å². The molecule has 0 saturated carbocycles. The molecule has 10 nitrogen and oxygen atoms in total. The third-order valence-electron chi connectivity index (χ3n) is 6.54. The highest BCUT2D eigenvalue weighted by Gasteiger charge is 2.52. The van der Waals surface area contributed by atoms with Gasteiger partial charge in [-0.25, -0.2) is 18.3 Å². The van der Waals surface area contributed by atoms with E-state index < -0.39 is 39.0 Å². The highest BCUT2D eigenvalue weighted by Crippen LogP contribution is 2.44. The second-order valence-corrected chi connectivity index (χ2v) is 13.2. The second kappa shape index (κ2) is 11.1. The summed E-state index contributed by atoms with van der Waals surface area (Å²) in [6.45, 7) is 5.92. The molecule has 41 heavy (non-hydrogen) atoms. The van der Waals surface area contributed by atoms with Crippen LogP contribution in [-0.2, 0) is 31.6 Å². The molecule has 0 spiro atoms. The molecule has 3 aromatic rings. The Morgan fingerprint density at radius 3 is 2.37 bits per heavy atom. The van der Waals surface area contributed by atoms with Crippen LogP contribution in [0.2, 0.25) is 10.0 Å². The normalized spacial score (nSPS) is 17.7. The molecule has 1 aromatic heterocycles. The number of hydrogen-bond acceptors (Lipinski definition) is 6. The molecule has 0 saturated heterocycles. The fraction of sp³-hybridized carbons (Fsp3) is 0.321. The fourth-order valence-corrected chi connectivity index (χ4v) is 6.46. The number of nitrogens with one attached hydrogen (secondary N) is 2. The maximum atomic E-state index is 14.1. The predicted molar refractivity (Wildman–Crippen MR) is 157 cm³/mol. The number of hydrogen-bond donors (Lipinski definition) is 3. The summed E-state index contributed by atoms with van der Waals surface area (Å²) in [6, 6.07) is 10.4. The number of sulfonamides is 1. The average Bonchev–Trinajstić information content (AvgIpc) is 3.40. The lowest BCUT2D eigenvalue weighted by molar-refractivity contribution is -0.124. The Morgan fingerprint density at radius 1 is 1.20 bits per heavy atom. The molecule has 2 amide bonds. The molecule has 13 heteroatoms. The zero-order chi connectivity index (χ0) is 30.3. The van der Waals surface area contributed by atoms with Crippen molar-refractivity contribution in [2.24, 2.45) is 0 Å². The summed E-state index contributed by atoms with van der Waals surface area (Å²) in [7, 11) is -4.39. The summed E-state index contributed by atoms with van der Waals surface area (Å²) in [4.78, 5) is 32.3. The Hall–Kier alpha value is -3.40. The molecule has 3 N–H and O–H groups in total. The number of anilines is 2. The summed E-state index contributed by atoms with van der Waals surface area (Å²) in [5.74, 6) is 1.47. The molecule has 2 atom stereocenters. The first-order valence-corrected chi connectivity index (χ1v) is 14.8. The summed E-state index contributed by atoms with van der Waals surface area (Å²) >= 11 is 12.5. The van der Waals surface area contributed by atoms with E-state index in [1.165, 1.54) is 48.4 Å². The van der Waals surface area contributed by atoms with Gasteiger partial charge in [-0.2, -0.15) is 4.72 Å². The van der Waals surface area contributed by atoms with Gasteiger partial charge >= 0.3 is 0 Å². The molecule has 216 valence electrons. The van der Waals surface area contributed by atoms with Gasteiger partial charge in [-0.05, 0) is 63.6 Å². The number of aliphatic hydroxyl groups is 1. The van der Waals surface area contributed by atoms with Crippen LogP contribution in [-0.4, -0.2) is 53.1 Å². The van der Waals surface area contributed by atoms with Crippen LogP contribution in [0.15, 0.2) is 53.7 Å². The number of halogens is 2. The van der Waals surface area contributed by atoms with Gasteiger partial charge in [0.1, 0.15) is 5.54 Å². The third kappa shape index (κ3) is 6.27. The van der Waals surface area contributed by atoms with Crippen LogP contribution in [0.3, 0.4) is 0 Å². The average molecular weight is 619 g/mol. The molecular formula is C28H29Cl2N5O5S. The number of rotatable bonds is 9. The number of imidazole rings is 1. The lowest BCUT2D eigenvalue weighted by Gasteiger charge is -2.27. The van der Waals surface area contributed by atoms with Crippen LogP contribution in [0.25, 0.3) is 0 Å². The summed E-state index contributed by atoms with van der Waals surface area (Å²) in [6.07, 6.45) is 6.70. The van der Waals surface area contributed by atoms with Crippen LogP contribution in [0, 0.1) is 12.3 Å². The van der Waals surface area contributed by atoms with E-state index >= 15 is 0 Å². The number of benzene rings is 2. The first-order chi connectivity index (χ1) is 19.1. The highest BCUT2D eigenvalue weighted by atomic mass is 35.5. The van der Waals surface area contributed by atoms with Gasteiger partial charge in [-0.1, -0.05) is 41.3 Å². The minimum absolute atomic E-state index is 0.0376. The van der Waals surface area contributed by atoms with Crippen LogP contribution in [0.5, 0.6) is 0 Å². The Kier molecular flexibility index (Phi) is 8.28. The van der Waals surface area contributed by atoms with Crippen molar-refractivity contribution in [2.75, 3.05) is 11.4 Å². The lowest BCUT2D eigenvalue weighted by atomic mass is 9.91. The Labute approximate surface area is 248 Å². The van der Waals surface area contributed by atoms with E-state index in [0.717, 1.165) is 11.8 Å². The van der Waals surface area contributed by atoms with Crippen LogP contribution >= 0.6 is 23.2 Å². The largest absolute Gasteiger partial charge is 0.389 e. The Balaban J connectivity index is 1.79. The SMILES string of the molecule is C#Cc1ccc(CC2(C)C(=O)N(c3cc(Cl)cc(Cl)c3)c3ncc(S(=O)(=O)NC(C)C(=O)NCC(C)(C)O)n32)cc1. The van der Waals surface area contributed by atoms with E-state index in [4.69, 9.17) is 29.6 Å². The van der Waals surface area contributed by atoms with Crippen molar-refractivity contribution in [2.45, 2.75) is 56.3 Å². The smallest absolute Gasteiger partial charge is 0.260 e. The van der Waals surface area contributed by atoms with Crippen molar-refractivity contribution in [3.05, 3.63) is 69.8 Å². The van der Waals surface area contributed by atoms with Gasteiger partial charge in [0.2, 0.25) is 11.9 Å². The summed E-state index contributed by atoms with van der Waals surface area (Å²) in [5, 5.41) is 12.6. The van der Waals surface area contributed by atoms with Gasteiger partial charge in [0, 0.05) is 28.6 Å². The summed E-state index contributed by atoms with van der Waals surface area (Å²) in [5.41, 5.74) is -0.967. The van der Waals surface area contributed by atoms with Gasteiger partial charge in [-0.15, -0.1) is 6.42 Å². The molecule has 2 heterocycles. The van der Waals surface area contributed by atoms with E-state index in [0.29, 0.717) is 11.3 Å². The quantitative estimate of drug-likeness (QED) is 0.315. The lowest BCUT2D eigenvalue weighted by Crippen LogP contribution is -2.49. The maximum absolute atomic E-state index is 14.1. The molecule has 2 aromatic carbocycles. The number of carbonyl (C=O) groups excluding carboxylic acids is 2. The minimum Gasteiger partial charge on any atom is -0.389 e. The Bertz CT molecular complexity index is 1640. The van der Waals surface area contributed by atoms with E-state index in [9.17, 15) is 23.1 Å². The Morgan fingerprint density at radius 2 is 1.80 bits per heavy atom. The van der Waals surface area contributed by atoms with Gasteiger partial charge < -0.3 is 10.4 Å². The molecule has 1 aliphatic heterocycles. The zero-order valence-electron chi connectivity index (χ0n) is 22.8. The second-order valence-electron chi connectivity index (χ2n) is 10.7. The topological polar surface area (TPSA) is 134 Å². The summed E-state index contributed by atoms with van der Waals surface area (Å²) < 4.78 is 31.0. The first kappa shape index (κ1) is 30.6. The number of carbonyl (C=O) groups is 2. The standard InChI is InChI=1S/C28H29Cl2N5O5S/c1-6-18-7-9-19(10-8-18)14-28(5)25(37)34(22-12-20(29)11-21(30)13-22)26-31-15-23(35(26)28)41(39,40)33-17(2)24(36)32-16-27(3,4)38/h1,7-13,15,17,33,38H,14,16H2,2-5H3,(H,32,36). The van der Waals surface area contributed by atoms with Gasteiger partial charge in [0.25, 0.3) is 15.9 Å². The monoisotopic (exact) mass is 617 g/mol. The minimum atomic E-state index is -4.39. The number of terminal acetylenes is 1. The maximum Gasteiger partial charge on any atom is 0.260 e. The number of amides is 2. The van der Waals surface area contributed by atoms with Crippen molar-refractivity contribution in [3.63, 3.8) is 0 Å². The van der Waals surface area contributed by atoms with Crippen molar-refractivity contribution in [1.82, 2.24) is 19.6 Å². The van der Waals surface area contributed by atoms with E-state index in [1.54, 1.807) is 31.2 Å². The molecule has 0 fully saturated rings. The molecule has 0 bridgehead atoms. The molecule has 2 unspecified atom stereocenters. The molecule has 0 radical (unpaired) electrons. The molecule has 4 rings (SSSR count). The predicted octanol–water partition coefficient (Wildman–Crippen LogP) is 3.36. The zero-order valence-corrected chi connectivity index (χ0v) is 25.1. The van der Waals surface area contributed by atoms with Gasteiger partial charge in [0.05, 0.1) is 23.5 Å². The van der Waals surface area contributed by atoms with Crippen LogP contribution in [0.4, 0.5) is 11.6 Å². The third-order valence-corrected chi connectivity index (χ3v) is 8.48. The number of fused-ring (bicyclic) bond motifs is 1. The van der Waals surface area contributed by atoms with Gasteiger partial charge in [0.15, 0.2) is 5.03 Å². The van der Waals surface area contributed by atoms with Crippen LogP contribution in [0.1, 0.15) is 38.8 Å². The molecule has 1 aliphatic rings. The van der Waals surface area contributed by atoms with Crippen LogP contribution < -0.4 is 14.9 Å². The van der Waals surface area contributed by atoms with E-state index in [1.807, 2.05) is 0 Å². The van der Waals surface area contributed by atoms with Crippen molar-refractivity contribution in [1.29, 1.82) is 0 Å². The van der Waals surface area contributed by atoms with E-state index in [-0.39, 0.29) is 34.0 Å². The molecule has 0 aliphatic carbocycles. The van der Waals surface area contributed by atoms with Crippen molar-refractivity contribution in [3.8, 4) is 12.3 Å².